The molecule has 2 fully saturated rings. The quantitative estimate of drug-likeness (QED) is 0.398. The average molecular weight is 425 g/mol. The maximum atomic E-state index is 2.86. The normalized spacial score (nSPS) is 39.8. The van der Waals surface area contributed by atoms with Crippen LogP contribution < -0.4 is 0 Å². The summed E-state index contributed by atoms with van der Waals surface area (Å²) in [6.45, 7) is 2.45. The first-order chi connectivity index (χ1) is 14.5. The van der Waals surface area contributed by atoms with Crippen LogP contribution in [0.15, 0.2) is 46.9 Å². The Morgan fingerprint density at radius 2 is 1.77 bits per heavy atom. The first kappa shape index (κ1) is 21.2. The summed E-state index contributed by atoms with van der Waals surface area (Å²) in [5.41, 5.74) is 1.72. The van der Waals surface area contributed by atoms with E-state index in [0.717, 1.165) is 41.4 Å². The lowest BCUT2D eigenvalue weighted by Gasteiger charge is -2.43. The van der Waals surface area contributed by atoms with Crippen molar-refractivity contribution < 1.29 is 0 Å². The summed E-state index contributed by atoms with van der Waals surface area (Å²) in [5.74, 6) is 7.36. The van der Waals surface area contributed by atoms with E-state index in [-0.39, 0.29) is 0 Å². The van der Waals surface area contributed by atoms with Crippen molar-refractivity contribution in [2.75, 3.05) is 18.3 Å². The Bertz CT molecular complexity index is 744. The van der Waals surface area contributed by atoms with Gasteiger partial charge in [-0.1, -0.05) is 56.2 Å². The van der Waals surface area contributed by atoms with Gasteiger partial charge in [-0.15, -0.1) is 0 Å². The minimum Gasteiger partial charge on any atom is -0.224 e. The summed E-state index contributed by atoms with van der Waals surface area (Å²) in [7, 11) is -0.635. The van der Waals surface area contributed by atoms with E-state index in [9.17, 15) is 0 Å². The van der Waals surface area contributed by atoms with Crippen LogP contribution in [0.4, 0.5) is 0 Å². The molecule has 166 valence electrons. The van der Waals surface area contributed by atoms with Gasteiger partial charge in [-0.25, -0.2) is 10.0 Å². The minimum absolute atomic E-state index is 0.635. The van der Waals surface area contributed by atoms with Gasteiger partial charge < -0.3 is 0 Å². The molecule has 0 aliphatic heterocycles. The van der Waals surface area contributed by atoms with Crippen LogP contribution in [-0.2, 0) is 0 Å². The van der Waals surface area contributed by atoms with E-state index in [4.69, 9.17) is 0 Å². The van der Waals surface area contributed by atoms with Crippen LogP contribution in [0, 0.1) is 41.4 Å². The summed E-state index contributed by atoms with van der Waals surface area (Å²) in [6.07, 6.45) is 35.3. The first-order valence-corrected chi connectivity index (χ1v) is 15.6. The predicted octanol–water partition coefficient (Wildman–Crippen LogP) is 8.28. The molecule has 5 aliphatic carbocycles. The second kappa shape index (κ2) is 8.68. The summed E-state index contributed by atoms with van der Waals surface area (Å²) in [5, 5.41) is 0. The Balaban J connectivity index is 1.46. The van der Waals surface area contributed by atoms with Gasteiger partial charge in [0.15, 0.2) is 0 Å². The van der Waals surface area contributed by atoms with E-state index in [1.165, 1.54) is 70.0 Å². The summed E-state index contributed by atoms with van der Waals surface area (Å²) >= 11 is 0. The largest absolute Gasteiger partial charge is 0.224 e. The van der Waals surface area contributed by atoms with Crippen molar-refractivity contribution in [1.29, 1.82) is 0 Å². The fourth-order valence-electron chi connectivity index (χ4n) is 7.56. The fraction of sp³-hybridized carbons (Fsp3) is 0.724. The molecule has 1 heteroatoms. The molecule has 5 aliphatic rings. The number of allylic oxidation sites excluding steroid dienone is 8. The van der Waals surface area contributed by atoms with Crippen LogP contribution in [0.2, 0.25) is 0 Å². The molecular formula is C29H44S. The number of rotatable bonds is 4. The second-order valence-corrected chi connectivity index (χ2v) is 15.6. The molecule has 0 aromatic heterocycles. The van der Waals surface area contributed by atoms with Crippen LogP contribution in [0.1, 0.15) is 71.1 Å². The third-order valence-corrected chi connectivity index (χ3v) is 12.7. The Labute approximate surface area is 187 Å². The number of hydrogen-bond donors (Lipinski definition) is 0. The van der Waals surface area contributed by atoms with Crippen molar-refractivity contribution in [2.45, 2.75) is 71.1 Å². The fourth-order valence-corrected chi connectivity index (χ4v) is 9.57. The predicted molar refractivity (Wildman–Crippen MR) is 135 cm³/mol. The van der Waals surface area contributed by atoms with Crippen molar-refractivity contribution in [1.82, 2.24) is 0 Å². The molecule has 2 bridgehead atoms. The zero-order valence-electron chi connectivity index (χ0n) is 19.7. The summed E-state index contributed by atoms with van der Waals surface area (Å²) in [6, 6.07) is 0. The van der Waals surface area contributed by atoms with E-state index in [2.05, 4.69) is 55.9 Å². The zero-order valence-corrected chi connectivity index (χ0v) is 20.5. The Morgan fingerprint density at radius 3 is 2.50 bits per heavy atom. The van der Waals surface area contributed by atoms with E-state index >= 15 is 0 Å². The van der Waals surface area contributed by atoms with Crippen LogP contribution in [0.25, 0.3) is 0 Å². The van der Waals surface area contributed by atoms with Gasteiger partial charge in [-0.05, 0) is 122 Å². The van der Waals surface area contributed by atoms with Gasteiger partial charge in [0.2, 0.25) is 0 Å². The standard InChI is InChI=1S/C29H44S/c1-4-30(2,3)29-18-21-16-25-15-14-24(22-10-8-9-11-22)19-27(25)26(17-21)20-28(29)23-12-6-5-7-13-23/h5-6,14-15,18-19,21-23,25-28H,4,7-13,16-17,20H2,1-3H3. The lowest BCUT2D eigenvalue weighted by molar-refractivity contribution is 0.160. The van der Waals surface area contributed by atoms with E-state index in [0.29, 0.717) is 0 Å². The molecular weight excluding hydrogens is 380 g/mol. The van der Waals surface area contributed by atoms with E-state index in [1.54, 1.807) is 5.57 Å². The van der Waals surface area contributed by atoms with Gasteiger partial charge in [0.25, 0.3) is 0 Å². The molecule has 0 aromatic rings. The molecule has 0 nitrogen and oxygen atoms in total. The lowest BCUT2D eigenvalue weighted by atomic mass is 9.63. The van der Waals surface area contributed by atoms with Gasteiger partial charge >= 0.3 is 0 Å². The zero-order chi connectivity index (χ0) is 20.7. The molecule has 6 atom stereocenters. The summed E-state index contributed by atoms with van der Waals surface area (Å²) < 4.78 is 0. The van der Waals surface area contributed by atoms with Crippen LogP contribution >= 0.6 is 10.0 Å². The SMILES string of the molecule is CCS(C)(C)C1=CC2CC3C=CC(C4CCCC4)=CC3C(C2)CC1C1CC=CCC1. The molecule has 0 N–H and O–H groups in total. The molecule has 6 unspecified atom stereocenters. The summed E-state index contributed by atoms with van der Waals surface area (Å²) in [4.78, 5) is 1.93. The van der Waals surface area contributed by atoms with Crippen LogP contribution in [0.5, 0.6) is 0 Å². The highest BCUT2D eigenvalue weighted by Crippen LogP contribution is 2.60. The van der Waals surface area contributed by atoms with Gasteiger partial charge in [-0.2, -0.15) is 0 Å². The van der Waals surface area contributed by atoms with Crippen molar-refractivity contribution in [2.24, 2.45) is 41.4 Å². The highest BCUT2D eigenvalue weighted by Gasteiger charge is 2.43. The molecule has 0 amide bonds. The van der Waals surface area contributed by atoms with Crippen molar-refractivity contribution in [3.63, 3.8) is 0 Å². The molecule has 30 heavy (non-hydrogen) atoms. The highest BCUT2D eigenvalue weighted by molar-refractivity contribution is 8.35. The van der Waals surface area contributed by atoms with Gasteiger partial charge in [0.05, 0.1) is 0 Å². The monoisotopic (exact) mass is 424 g/mol. The second-order valence-electron chi connectivity index (χ2n) is 11.5. The maximum Gasteiger partial charge on any atom is -0.00857 e. The first-order valence-electron chi connectivity index (χ1n) is 13.0. The van der Waals surface area contributed by atoms with Gasteiger partial charge in [-0.3, -0.25) is 0 Å². The Morgan fingerprint density at radius 1 is 0.933 bits per heavy atom. The molecule has 2 saturated carbocycles. The topological polar surface area (TPSA) is 0 Å². The highest BCUT2D eigenvalue weighted by atomic mass is 32.3. The molecule has 0 heterocycles. The van der Waals surface area contributed by atoms with Crippen molar-refractivity contribution in [3.8, 4) is 0 Å². The minimum atomic E-state index is -0.635. The van der Waals surface area contributed by atoms with Crippen molar-refractivity contribution in [3.05, 3.63) is 46.9 Å². The molecule has 0 radical (unpaired) electrons. The number of hydrogen-bond acceptors (Lipinski definition) is 0. The lowest BCUT2D eigenvalue weighted by Crippen LogP contribution is -2.33. The molecule has 0 aromatic carbocycles. The third kappa shape index (κ3) is 4.05. The van der Waals surface area contributed by atoms with Crippen LogP contribution in [0.3, 0.4) is 0 Å². The average Bonchev–Trinajstić information content (AvgIpc) is 3.26. The van der Waals surface area contributed by atoms with Gasteiger partial charge in [0, 0.05) is 0 Å². The Kier molecular flexibility index (Phi) is 6.13. The maximum absolute atomic E-state index is 2.86. The van der Waals surface area contributed by atoms with Crippen LogP contribution in [-0.4, -0.2) is 18.3 Å². The molecule has 0 saturated heterocycles. The Hall–Kier alpha value is -0.690. The smallest absolute Gasteiger partial charge is 0.00857 e. The van der Waals surface area contributed by atoms with Gasteiger partial charge in [0.1, 0.15) is 0 Å². The van der Waals surface area contributed by atoms with E-state index in [1.807, 2.05) is 4.91 Å². The third-order valence-electron chi connectivity index (χ3n) is 9.53. The van der Waals surface area contributed by atoms with Crippen molar-refractivity contribution >= 4 is 10.0 Å². The number of fused-ring (bicyclic) bond motifs is 4. The van der Waals surface area contributed by atoms with E-state index < -0.39 is 10.0 Å². The molecule has 0 spiro atoms. The molecule has 5 rings (SSSR count).